The van der Waals surface area contributed by atoms with E-state index >= 15 is 0 Å². The largest absolute Gasteiger partial charge is 0.304 e. The lowest BCUT2D eigenvalue weighted by molar-refractivity contribution is 0.00555. The molecule has 1 heterocycles. The monoisotopic (exact) mass is 130 g/mol. The number of rotatable bonds is 1. The van der Waals surface area contributed by atoms with Crippen LogP contribution < -0.4 is 5.90 Å². The van der Waals surface area contributed by atoms with Crippen molar-refractivity contribution in [2.24, 2.45) is 5.90 Å². The zero-order valence-electron chi connectivity index (χ0n) is 5.84. The Morgan fingerprint density at radius 2 is 2.44 bits per heavy atom. The highest BCUT2D eigenvalue weighted by molar-refractivity contribution is 4.69. The van der Waals surface area contributed by atoms with Crippen molar-refractivity contribution in [1.29, 1.82) is 0 Å². The first kappa shape index (κ1) is 6.99. The molecular weight excluding hydrogens is 116 g/mol. The summed E-state index contributed by atoms with van der Waals surface area (Å²) >= 11 is 0. The molecule has 0 spiro atoms. The van der Waals surface area contributed by atoms with Crippen LogP contribution in [-0.2, 0) is 4.84 Å². The highest BCUT2D eigenvalue weighted by Gasteiger charge is 2.15. The van der Waals surface area contributed by atoms with Gasteiger partial charge in [-0.15, -0.1) is 0 Å². The van der Waals surface area contributed by atoms with E-state index < -0.39 is 0 Å². The Morgan fingerprint density at radius 3 is 2.89 bits per heavy atom. The Kier molecular flexibility index (Phi) is 2.45. The van der Waals surface area contributed by atoms with Gasteiger partial charge in [-0.1, -0.05) is 0 Å². The minimum Gasteiger partial charge on any atom is -0.304 e. The van der Waals surface area contributed by atoms with E-state index in [0.717, 1.165) is 13.0 Å². The summed E-state index contributed by atoms with van der Waals surface area (Å²) in [5, 5.41) is 0. The third-order valence-corrected chi connectivity index (χ3v) is 1.77. The fourth-order valence-corrected chi connectivity index (χ4v) is 1.23. The molecule has 0 aromatic heterocycles. The van der Waals surface area contributed by atoms with Gasteiger partial charge < -0.3 is 4.90 Å². The second kappa shape index (κ2) is 3.15. The van der Waals surface area contributed by atoms with Crippen LogP contribution in [0.4, 0.5) is 0 Å². The van der Waals surface area contributed by atoms with E-state index in [1.165, 1.54) is 13.0 Å². The molecule has 1 atom stereocenters. The molecule has 0 radical (unpaired) electrons. The summed E-state index contributed by atoms with van der Waals surface area (Å²) in [5.74, 6) is 5.04. The summed E-state index contributed by atoms with van der Waals surface area (Å²) in [5.41, 5.74) is 0. The first-order valence-electron chi connectivity index (χ1n) is 3.37. The van der Waals surface area contributed by atoms with Gasteiger partial charge in [0.15, 0.2) is 0 Å². The van der Waals surface area contributed by atoms with Gasteiger partial charge >= 0.3 is 0 Å². The lowest BCUT2D eigenvalue weighted by atomic mass is 10.1. The van der Waals surface area contributed by atoms with E-state index in [1.54, 1.807) is 0 Å². The van der Waals surface area contributed by atoms with Crippen LogP contribution in [0.1, 0.15) is 12.8 Å². The maximum atomic E-state index is 5.04. The minimum atomic E-state index is 0.267. The topological polar surface area (TPSA) is 38.5 Å². The third-order valence-electron chi connectivity index (χ3n) is 1.77. The Hall–Kier alpha value is -0.120. The summed E-state index contributed by atoms with van der Waals surface area (Å²) in [4.78, 5) is 6.96. The average molecular weight is 130 g/mol. The highest BCUT2D eigenvalue weighted by atomic mass is 16.6. The van der Waals surface area contributed by atoms with Gasteiger partial charge in [0.1, 0.15) is 0 Å². The zero-order valence-corrected chi connectivity index (χ0v) is 5.84. The van der Waals surface area contributed by atoms with Crippen LogP contribution in [0.5, 0.6) is 0 Å². The summed E-state index contributed by atoms with van der Waals surface area (Å²) in [6.45, 7) is 2.16. The van der Waals surface area contributed by atoms with Crippen LogP contribution in [0.2, 0.25) is 0 Å². The van der Waals surface area contributed by atoms with Gasteiger partial charge in [0.05, 0.1) is 6.10 Å². The number of hydrogen-bond donors (Lipinski definition) is 1. The van der Waals surface area contributed by atoms with Crippen molar-refractivity contribution in [2.45, 2.75) is 18.9 Å². The molecule has 0 aromatic carbocycles. The smallest absolute Gasteiger partial charge is 0.0914 e. The fourth-order valence-electron chi connectivity index (χ4n) is 1.23. The van der Waals surface area contributed by atoms with E-state index in [2.05, 4.69) is 11.9 Å². The lowest BCUT2D eigenvalue weighted by Crippen LogP contribution is -2.38. The minimum absolute atomic E-state index is 0.267. The molecule has 0 unspecified atom stereocenters. The van der Waals surface area contributed by atoms with Crippen LogP contribution in [0.25, 0.3) is 0 Å². The predicted octanol–water partition coefficient (Wildman–Crippen LogP) is -0.0291. The molecule has 0 amide bonds. The van der Waals surface area contributed by atoms with Crippen LogP contribution in [-0.4, -0.2) is 31.1 Å². The van der Waals surface area contributed by atoms with Crippen LogP contribution >= 0.6 is 0 Å². The number of likely N-dealkylation sites (N-methyl/N-ethyl adjacent to an activating group) is 1. The molecule has 0 saturated carbocycles. The van der Waals surface area contributed by atoms with Crippen LogP contribution in [0.3, 0.4) is 0 Å². The molecule has 9 heavy (non-hydrogen) atoms. The van der Waals surface area contributed by atoms with Crippen LogP contribution in [0.15, 0.2) is 0 Å². The van der Waals surface area contributed by atoms with E-state index in [9.17, 15) is 0 Å². The van der Waals surface area contributed by atoms with Gasteiger partial charge in [0.2, 0.25) is 0 Å². The second-order valence-corrected chi connectivity index (χ2v) is 2.66. The maximum absolute atomic E-state index is 5.04. The molecule has 0 bridgehead atoms. The highest BCUT2D eigenvalue weighted by Crippen LogP contribution is 2.08. The van der Waals surface area contributed by atoms with Crippen molar-refractivity contribution in [3.63, 3.8) is 0 Å². The first-order chi connectivity index (χ1) is 4.33. The number of nitrogens with two attached hydrogens (primary N) is 1. The second-order valence-electron chi connectivity index (χ2n) is 2.66. The van der Waals surface area contributed by atoms with Crippen molar-refractivity contribution < 1.29 is 4.84 Å². The molecule has 1 aliphatic rings. The van der Waals surface area contributed by atoms with Gasteiger partial charge in [0, 0.05) is 6.54 Å². The predicted molar refractivity (Wildman–Crippen MR) is 35.8 cm³/mol. The van der Waals surface area contributed by atoms with Crippen molar-refractivity contribution in [1.82, 2.24) is 4.90 Å². The number of nitrogens with zero attached hydrogens (tertiary/aromatic N) is 1. The molecule has 3 heteroatoms. The Morgan fingerprint density at radius 1 is 1.67 bits per heavy atom. The number of hydrogen-bond acceptors (Lipinski definition) is 3. The first-order valence-corrected chi connectivity index (χ1v) is 3.37. The third kappa shape index (κ3) is 1.93. The quantitative estimate of drug-likeness (QED) is 0.507. The summed E-state index contributed by atoms with van der Waals surface area (Å²) in [6.07, 6.45) is 2.59. The van der Waals surface area contributed by atoms with Gasteiger partial charge in [-0.3, -0.25) is 4.84 Å². The van der Waals surface area contributed by atoms with Gasteiger partial charge in [-0.25, -0.2) is 5.90 Å². The number of piperidine rings is 1. The molecule has 1 fully saturated rings. The van der Waals surface area contributed by atoms with Crippen LogP contribution in [0, 0.1) is 0 Å². The van der Waals surface area contributed by atoms with Gasteiger partial charge in [-0.05, 0) is 26.4 Å². The van der Waals surface area contributed by atoms with E-state index in [1.807, 2.05) is 0 Å². The number of likely N-dealkylation sites (tertiary alicyclic amines) is 1. The van der Waals surface area contributed by atoms with Crippen molar-refractivity contribution >= 4 is 0 Å². The summed E-state index contributed by atoms with van der Waals surface area (Å²) in [7, 11) is 2.09. The SMILES string of the molecule is CN1CCC[C@H](ON)C1. The van der Waals surface area contributed by atoms with E-state index in [-0.39, 0.29) is 6.10 Å². The van der Waals surface area contributed by atoms with Crippen molar-refractivity contribution in [3.8, 4) is 0 Å². The maximum Gasteiger partial charge on any atom is 0.0914 e. The molecule has 0 aromatic rings. The molecule has 1 saturated heterocycles. The van der Waals surface area contributed by atoms with Gasteiger partial charge in [-0.2, -0.15) is 0 Å². The summed E-state index contributed by atoms with van der Waals surface area (Å²) in [6, 6.07) is 0. The molecule has 1 aliphatic heterocycles. The van der Waals surface area contributed by atoms with E-state index in [4.69, 9.17) is 10.7 Å². The molecular formula is C6H14N2O. The summed E-state index contributed by atoms with van der Waals surface area (Å²) < 4.78 is 0. The zero-order chi connectivity index (χ0) is 6.69. The Balaban J connectivity index is 2.23. The lowest BCUT2D eigenvalue weighted by Gasteiger charge is -2.27. The van der Waals surface area contributed by atoms with Crippen molar-refractivity contribution in [3.05, 3.63) is 0 Å². The molecule has 3 nitrogen and oxygen atoms in total. The van der Waals surface area contributed by atoms with E-state index in [0.29, 0.717) is 0 Å². The Bertz CT molecular complexity index is 87.1. The standard InChI is InChI=1S/C6H14N2O/c1-8-4-2-3-6(5-8)9-7/h6H,2-5,7H2,1H3/t6-/m0/s1. The fraction of sp³-hybridized carbons (Fsp3) is 1.00. The Labute approximate surface area is 55.7 Å². The molecule has 2 N–H and O–H groups in total. The normalized spacial score (nSPS) is 30.7. The molecule has 54 valence electrons. The van der Waals surface area contributed by atoms with Crippen molar-refractivity contribution in [2.75, 3.05) is 20.1 Å². The molecule has 0 aliphatic carbocycles. The molecule has 1 rings (SSSR count). The average Bonchev–Trinajstić information content (AvgIpc) is 1.88. The van der Waals surface area contributed by atoms with Gasteiger partial charge in [0.25, 0.3) is 0 Å².